The summed E-state index contributed by atoms with van der Waals surface area (Å²) in [5, 5.41) is 6.93. The van der Waals surface area contributed by atoms with Gasteiger partial charge >= 0.3 is 0 Å². The molecule has 2 heterocycles. The minimum Gasteiger partial charge on any atom is -0.469 e. The first-order valence-corrected chi connectivity index (χ1v) is 7.01. The van der Waals surface area contributed by atoms with Crippen molar-refractivity contribution in [3.05, 3.63) is 52.3 Å². The fourth-order valence-corrected chi connectivity index (χ4v) is 2.02. The summed E-state index contributed by atoms with van der Waals surface area (Å²) in [5.41, 5.74) is 0.0476. The standard InChI is InChI=1S/C15H19N3O3/c1-3-8-18-14(19)7-6-13(17-18)15(20)16-11(2)10-12-5-4-9-21-12/h4-7,9,11H,3,8,10H2,1-2H3,(H,16,20)/t11-/m1/s1. The van der Waals surface area contributed by atoms with Gasteiger partial charge in [-0.3, -0.25) is 9.59 Å². The van der Waals surface area contributed by atoms with Crippen LogP contribution < -0.4 is 10.9 Å². The lowest BCUT2D eigenvalue weighted by molar-refractivity contribution is 0.0931. The lowest BCUT2D eigenvalue weighted by atomic mass is 10.2. The number of aryl methyl sites for hydroxylation is 1. The molecular formula is C15H19N3O3. The average molecular weight is 289 g/mol. The van der Waals surface area contributed by atoms with Crippen molar-refractivity contribution in [3.63, 3.8) is 0 Å². The number of furan rings is 1. The van der Waals surface area contributed by atoms with E-state index in [1.807, 2.05) is 26.0 Å². The third kappa shape index (κ3) is 4.05. The number of hydrogen-bond acceptors (Lipinski definition) is 4. The van der Waals surface area contributed by atoms with Crippen LogP contribution >= 0.6 is 0 Å². The van der Waals surface area contributed by atoms with Gasteiger partial charge in [0, 0.05) is 25.1 Å². The molecule has 2 aromatic heterocycles. The quantitative estimate of drug-likeness (QED) is 0.876. The highest BCUT2D eigenvalue weighted by molar-refractivity contribution is 5.92. The third-order valence-corrected chi connectivity index (χ3v) is 3.00. The number of nitrogens with one attached hydrogen (secondary N) is 1. The van der Waals surface area contributed by atoms with Crippen LogP contribution in [0.1, 0.15) is 36.5 Å². The van der Waals surface area contributed by atoms with Gasteiger partial charge in [0.2, 0.25) is 0 Å². The lowest BCUT2D eigenvalue weighted by Gasteiger charge is -2.12. The normalized spacial score (nSPS) is 12.1. The molecule has 1 atom stereocenters. The molecule has 0 saturated heterocycles. The second-order valence-electron chi connectivity index (χ2n) is 4.94. The molecule has 0 unspecified atom stereocenters. The Morgan fingerprint density at radius 1 is 1.43 bits per heavy atom. The summed E-state index contributed by atoms with van der Waals surface area (Å²) in [7, 11) is 0. The van der Waals surface area contributed by atoms with Crippen LogP contribution in [0.5, 0.6) is 0 Å². The fourth-order valence-electron chi connectivity index (χ4n) is 2.02. The van der Waals surface area contributed by atoms with Crippen molar-refractivity contribution in [2.75, 3.05) is 0 Å². The Morgan fingerprint density at radius 3 is 2.90 bits per heavy atom. The van der Waals surface area contributed by atoms with Gasteiger partial charge < -0.3 is 9.73 Å². The minimum absolute atomic E-state index is 0.0861. The fraction of sp³-hybridized carbons (Fsp3) is 0.400. The number of carbonyl (C=O) groups excluding carboxylic acids is 1. The largest absolute Gasteiger partial charge is 0.469 e. The molecule has 0 aliphatic heterocycles. The second kappa shape index (κ2) is 6.88. The summed E-state index contributed by atoms with van der Waals surface area (Å²) in [6.07, 6.45) is 2.99. The summed E-state index contributed by atoms with van der Waals surface area (Å²) in [4.78, 5) is 23.7. The number of aromatic nitrogens is 2. The monoisotopic (exact) mass is 289 g/mol. The molecule has 6 heteroatoms. The topological polar surface area (TPSA) is 77.1 Å². The maximum Gasteiger partial charge on any atom is 0.271 e. The molecule has 0 radical (unpaired) electrons. The van der Waals surface area contributed by atoms with E-state index in [9.17, 15) is 9.59 Å². The molecule has 0 aromatic carbocycles. The maximum atomic E-state index is 12.1. The van der Waals surface area contributed by atoms with Crippen LogP contribution in [0.25, 0.3) is 0 Å². The van der Waals surface area contributed by atoms with Gasteiger partial charge in [-0.15, -0.1) is 0 Å². The first-order chi connectivity index (χ1) is 10.1. The summed E-state index contributed by atoms with van der Waals surface area (Å²) >= 11 is 0. The highest BCUT2D eigenvalue weighted by atomic mass is 16.3. The highest BCUT2D eigenvalue weighted by Gasteiger charge is 2.13. The Balaban J connectivity index is 2.02. The van der Waals surface area contributed by atoms with E-state index in [0.717, 1.165) is 12.2 Å². The minimum atomic E-state index is -0.293. The second-order valence-corrected chi connectivity index (χ2v) is 4.94. The van der Waals surface area contributed by atoms with Crippen LogP contribution in [0, 0.1) is 0 Å². The Hall–Kier alpha value is -2.37. The smallest absolute Gasteiger partial charge is 0.271 e. The zero-order valence-corrected chi connectivity index (χ0v) is 12.2. The molecule has 112 valence electrons. The molecule has 0 aliphatic carbocycles. The van der Waals surface area contributed by atoms with Crippen LogP contribution in [-0.2, 0) is 13.0 Å². The molecule has 2 aromatic rings. The van der Waals surface area contributed by atoms with Crippen molar-refractivity contribution >= 4 is 5.91 Å². The molecule has 1 amide bonds. The van der Waals surface area contributed by atoms with E-state index in [2.05, 4.69) is 10.4 Å². The first kappa shape index (κ1) is 15.0. The third-order valence-electron chi connectivity index (χ3n) is 3.00. The highest BCUT2D eigenvalue weighted by Crippen LogP contribution is 2.04. The number of hydrogen-bond donors (Lipinski definition) is 1. The molecule has 0 spiro atoms. The number of carbonyl (C=O) groups is 1. The molecule has 1 N–H and O–H groups in total. The van der Waals surface area contributed by atoms with Crippen molar-refractivity contribution in [3.8, 4) is 0 Å². The lowest BCUT2D eigenvalue weighted by Crippen LogP contribution is -2.36. The Kier molecular flexibility index (Phi) is 4.92. The molecule has 2 rings (SSSR count). The zero-order chi connectivity index (χ0) is 15.2. The first-order valence-electron chi connectivity index (χ1n) is 7.01. The van der Waals surface area contributed by atoms with E-state index >= 15 is 0 Å². The maximum absolute atomic E-state index is 12.1. The number of amides is 1. The van der Waals surface area contributed by atoms with Crippen LogP contribution in [-0.4, -0.2) is 21.7 Å². The van der Waals surface area contributed by atoms with E-state index < -0.39 is 0 Å². The molecular weight excluding hydrogens is 270 g/mol. The van der Waals surface area contributed by atoms with Crippen LogP contribution in [0.15, 0.2) is 39.7 Å². The van der Waals surface area contributed by atoms with Gasteiger partial charge in [-0.1, -0.05) is 6.92 Å². The average Bonchev–Trinajstić information content (AvgIpc) is 2.94. The Labute approximate surface area is 122 Å². The van der Waals surface area contributed by atoms with Gasteiger partial charge in [0.1, 0.15) is 11.5 Å². The summed E-state index contributed by atoms with van der Waals surface area (Å²) in [5.74, 6) is 0.519. The Morgan fingerprint density at radius 2 is 2.24 bits per heavy atom. The van der Waals surface area contributed by atoms with Crippen LogP contribution in [0.3, 0.4) is 0 Å². The predicted octanol–water partition coefficient (Wildman–Crippen LogP) is 1.61. The van der Waals surface area contributed by atoms with Gasteiger partial charge in [-0.05, 0) is 31.5 Å². The van der Waals surface area contributed by atoms with E-state index in [0.29, 0.717) is 13.0 Å². The zero-order valence-electron chi connectivity index (χ0n) is 12.2. The van der Waals surface area contributed by atoms with Gasteiger partial charge in [0.15, 0.2) is 0 Å². The van der Waals surface area contributed by atoms with Crippen molar-refractivity contribution < 1.29 is 9.21 Å². The molecule has 0 bridgehead atoms. The molecule has 6 nitrogen and oxygen atoms in total. The van der Waals surface area contributed by atoms with Gasteiger partial charge in [-0.25, -0.2) is 4.68 Å². The summed E-state index contributed by atoms with van der Waals surface area (Å²) in [6, 6.07) is 6.41. The number of rotatable bonds is 6. The van der Waals surface area contributed by atoms with E-state index in [1.54, 1.807) is 6.26 Å². The van der Waals surface area contributed by atoms with Gasteiger partial charge in [0.05, 0.1) is 6.26 Å². The van der Waals surface area contributed by atoms with Crippen molar-refractivity contribution in [1.29, 1.82) is 0 Å². The van der Waals surface area contributed by atoms with E-state index in [1.165, 1.54) is 16.8 Å². The van der Waals surface area contributed by atoms with Gasteiger partial charge in [0.25, 0.3) is 11.5 Å². The van der Waals surface area contributed by atoms with Crippen molar-refractivity contribution in [1.82, 2.24) is 15.1 Å². The summed E-state index contributed by atoms with van der Waals surface area (Å²) in [6.45, 7) is 4.34. The molecule has 21 heavy (non-hydrogen) atoms. The van der Waals surface area contributed by atoms with Crippen molar-refractivity contribution in [2.24, 2.45) is 0 Å². The summed E-state index contributed by atoms with van der Waals surface area (Å²) < 4.78 is 6.56. The van der Waals surface area contributed by atoms with E-state index in [-0.39, 0.29) is 23.2 Å². The SMILES string of the molecule is CCCn1nc(C(=O)N[C@H](C)Cc2ccco2)ccc1=O. The van der Waals surface area contributed by atoms with Crippen LogP contribution in [0.4, 0.5) is 0 Å². The molecule has 0 fully saturated rings. The predicted molar refractivity (Wildman–Crippen MR) is 78.1 cm³/mol. The van der Waals surface area contributed by atoms with Crippen molar-refractivity contribution in [2.45, 2.75) is 39.3 Å². The molecule has 0 saturated carbocycles. The van der Waals surface area contributed by atoms with Gasteiger partial charge in [-0.2, -0.15) is 5.10 Å². The van der Waals surface area contributed by atoms with E-state index in [4.69, 9.17) is 4.42 Å². The van der Waals surface area contributed by atoms with Crippen LogP contribution in [0.2, 0.25) is 0 Å². The Bertz CT molecular complexity index is 646. The number of nitrogens with zero attached hydrogens (tertiary/aromatic N) is 2. The molecule has 0 aliphatic rings.